The van der Waals surface area contributed by atoms with E-state index in [0.29, 0.717) is 18.5 Å². The number of hydrogen-bond donors (Lipinski definition) is 2. The molecule has 0 heterocycles. The number of carbonyl (C=O) groups excluding carboxylic acids is 1. The molecule has 0 amide bonds. The van der Waals surface area contributed by atoms with Crippen LogP contribution in [0.4, 0.5) is 5.69 Å². The van der Waals surface area contributed by atoms with Gasteiger partial charge >= 0.3 is 0 Å². The number of aliphatic hydroxyl groups excluding tert-OH is 1. The fraction of sp³-hybridized carbons (Fsp3) is 0.286. The van der Waals surface area contributed by atoms with E-state index in [-0.39, 0.29) is 28.8 Å². The van der Waals surface area contributed by atoms with E-state index in [9.17, 15) is 15.0 Å². The van der Waals surface area contributed by atoms with Crippen molar-refractivity contribution >= 4 is 17.7 Å². The molecule has 18 heavy (non-hydrogen) atoms. The van der Waals surface area contributed by atoms with E-state index in [1.807, 2.05) is 6.92 Å². The van der Waals surface area contributed by atoms with Gasteiger partial charge in [-0.25, -0.2) is 0 Å². The summed E-state index contributed by atoms with van der Waals surface area (Å²) in [4.78, 5) is 15.8. The van der Waals surface area contributed by atoms with Crippen molar-refractivity contribution in [3.05, 3.63) is 35.6 Å². The SMILES string of the molecule is CC1CC(=O)C(C=Nc2ccccc2O)=C(O)C1. The quantitative estimate of drug-likeness (QED) is 0.787. The van der Waals surface area contributed by atoms with Crippen LogP contribution in [-0.2, 0) is 4.79 Å². The number of benzene rings is 1. The number of hydrogen-bond acceptors (Lipinski definition) is 4. The normalized spacial score (nSPS) is 20.7. The molecule has 4 heteroatoms. The van der Waals surface area contributed by atoms with Crippen molar-refractivity contribution in [1.29, 1.82) is 0 Å². The van der Waals surface area contributed by atoms with Gasteiger partial charge in [-0.1, -0.05) is 19.1 Å². The molecule has 0 aromatic heterocycles. The van der Waals surface area contributed by atoms with Crippen molar-refractivity contribution in [3.8, 4) is 5.75 Å². The van der Waals surface area contributed by atoms with Crippen molar-refractivity contribution < 1.29 is 15.0 Å². The van der Waals surface area contributed by atoms with Crippen molar-refractivity contribution in [2.75, 3.05) is 0 Å². The number of phenolic OH excluding ortho intramolecular Hbond substituents is 1. The standard InChI is InChI=1S/C14H15NO3/c1-9-6-13(17)10(14(18)7-9)8-15-11-4-2-3-5-12(11)16/h2-5,8-9,16-17H,6-7H2,1H3. The third-order valence-electron chi connectivity index (χ3n) is 2.90. The van der Waals surface area contributed by atoms with Crippen LogP contribution in [0, 0.1) is 5.92 Å². The van der Waals surface area contributed by atoms with E-state index in [2.05, 4.69) is 4.99 Å². The Kier molecular flexibility index (Phi) is 3.46. The second kappa shape index (κ2) is 5.04. The molecule has 2 rings (SSSR count). The van der Waals surface area contributed by atoms with E-state index in [1.165, 1.54) is 12.3 Å². The lowest BCUT2D eigenvalue weighted by molar-refractivity contribution is -0.116. The molecule has 1 aromatic carbocycles. The Morgan fingerprint density at radius 1 is 1.28 bits per heavy atom. The van der Waals surface area contributed by atoms with E-state index >= 15 is 0 Å². The fourth-order valence-electron chi connectivity index (χ4n) is 1.95. The van der Waals surface area contributed by atoms with Crippen LogP contribution in [0.2, 0.25) is 0 Å². The zero-order chi connectivity index (χ0) is 13.1. The van der Waals surface area contributed by atoms with Crippen LogP contribution in [0.15, 0.2) is 40.6 Å². The summed E-state index contributed by atoms with van der Waals surface area (Å²) in [5.41, 5.74) is 0.626. The largest absolute Gasteiger partial charge is 0.511 e. The molecular weight excluding hydrogens is 230 g/mol. The molecule has 0 bridgehead atoms. The minimum atomic E-state index is -0.106. The lowest BCUT2D eigenvalue weighted by Crippen LogP contribution is -2.18. The Bertz CT molecular complexity index is 532. The lowest BCUT2D eigenvalue weighted by atomic mass is 9.89. The molecule has 0 aliphatic heterocycles. The molecule has 94 valence electrons. The van der Waals surface area contributed by atoms with Gasteiger partial charge < -0.3 is 10.2 Å². The number of para-hydroxylation sites is 2. The first kappa shape index (κ1) is 12.4. The van der Waals surface area contributed by atoms with E-state index in [0.717, 1.165) is 0 Å². The number of ketones is 1. The van der Waals surface area contributed by atoms with Gasteiger partial charge in [0, 0.05) is 19.1 Å². The molecule has 0 spiro atoms. The van der Waals surface area contributed by atoms with Gasteiger partial charge in [-0.3, -0.25) is 9.79 Å². The highest BCUT2D eigenvalue weighted by Gasteiger charge is 2.23. The van der Waals surface area contributed by atoms with Gasteiger partial charge in [-0.2, -0.15) is 0 Å². The fourth-order valence-corrected chi connectivity index (χ4v) is 1.95. The third-order valence-corrected chi connectivity index (χ3v) is 2.90. The topological polar surface area (TPSA) is 69.9 Å². The predicted molar refractivity (Wildman–Crippen MR) is 69.3 cm³/mol. The average molecular weight is 245 g/mol. The van der Waals surface area contributed by atoms with Crippen molar-refractivity contribution in [3.63, 3.8) is 0 Å². The molecule has 1 aliphatic rings. The van der Waals surface area contributed by atoms with Gasteiger partial charge in [-0.15, -0.1) is 0 Å². The molecule has 0 saturated heterocycles. The monoisotopic (exact) mass is 245 g/mol. The smallest absolute Gasteiger partial charge is 0.168 e. The minimum Gasteiger partial charge on any atom is -0.511 e. The molecule has 1 aliphatic carbocycles. The van der Waals surface area contributed by atoms with Crippen molar-refractivity contribution in [2.24, 2.45) is 10.9 Å². The number of Topliss-reactive ketones (excluding diaryl/α,β-unsaturated/α-hetero) is 1. The molecule has 2 N–H and O–H groups in total. The average Bonchev–Trinajstić information content (AvgIpc) is 2.30. The molecule has 1 aromatic rings. The van der Waals surface area contributed by atoms with Gasteiger partial charge in [0.1, 0.15) is 17.2 Å². The van der Waals surface area contributed by atoms with Crippen LogP contribution >= 0.6 is 0 Å². The molecule has 4 nitrogen and oxygen atoms in total. The van der Waals surface area contributed by atoms with E-state index < -0.39 is 0 Å². The van der Waals surface area contributed by atoms with Gasteiger partial charge in [0.2, 0.25) is 0 Å². The highest BCUT2D eigenvalue weighted by Crippen LogP contribution is 2.27. The second-order valence-corrected chi connectivity index (χ2v) is 4.54. The van der Waals surface area contributed by atoms with Crippen molar-refractivity contribution in [2.45, 2.75) is 19.8 Å². The summed E-state index contributed by atoms with van der Waals surface area (Å²) in [5.74, 6) is 0.189. The highest BCUT2D eigenvalue weighted by molar-refractivity contribution is 6.14. The van der Waals surface area contributed by atoms with Crippen LogP contribution < -0.4 is 0 Å². The maximum absolute atomic E-state index is 11.7. The molecule has 1 unspecified atom stereocenters. The summed E-state index contributed by atoms with van der Waals surface area (Å²) in [7, 11) is 0. The summed E-state index contributed by atoms with van der Waals surface area (Å²) >= 11 is 0. The lowest BCUT2D eigenvalue weighted by Gasteiger charge is -2.17. The summed E-state index contributed by atoms with van der Waals surface area (Å²) in [5, 5.41) is 19.3. The Labute approximate surface area is 105 Å². The Morgan fingerprint density at radius 3 is 2.67 bits per heavy atom. The van der Waals surface area contributed by atoms with Gasteiger partial charge in [-0.05, 0) is 18.1 Å². The number of nitrogens with zero attached hydrogens (tertiary/aromatic N) is 1. The molecule has 0 radical (unpaired) electrons. The van der Waals surface area contributed by atoms with Gasteiger partial charge in [0.05, 0.1) is 5.57 Å². The van der Waals surface area contributed by atoms with Crippen LogP contribution in [-0.4, -0.2) is 22.2 Å². The minimum absolute atomic E-state index is 0.0467. The first-order valence-corrected chi connectivity index (χ1v) is 5.85. The number of phenols is 1. The van der Waals surface area contributed by atoms with Crippen LogP contribution in [0.1, 0.15) is 19.8 Å². The second-order valence-electron chi connectivity index (χ2n) is 4.54. The summed E-state index contributed by atoms with van der Waals surface area (Å²) < 4.78 is 0. The highest BCUT2D eigenvalue weighted by atomic mass is 16.3. The number of aliphatic hydroxyl groups is 1. The van der Waals surface area contributed by atoms with Crippen molar-refractivity contribution in [1.82, 2.24) is 0 Å². The van der Waals surface area contributed by atoms with Crippen LogP contribution in [0.3, 0.4) is 0 Å². The van der Waals surface area contributed by atoms with Gasteiger partial charge in [0.15, 0.2) is 5.78 Å². The number of rotatable bonds is 2. The zero-order valence-corrected chi connectivity index (χ0v) is 10.1. The third kappa shape index (κ3) is 2.59. The number of aromatic hydroxyl groups is 1. The maximum Gasteiger partial charge on any atom is 0.168 e. The summed E-state index contributed by atoms with van der Waals surface area (Å²) in [6.45, 7) is 1.92. The Hall–Kier alpha value is -2.10. The van der Waals surface area contributed by atoms with Crippen LogP contribution in [0.5, 0.6) is 5.75 Å². The summed E-state index contributed by atoms with van der Waals surface area (Å²) in [6, 6.07) is 6.59. The number of aliphatic imine (C=N–C) groups is 1. The first-order chi connectivity index (χ1) is 8.58. The maximum atomic E-state index is 11.7. The zero-order valence-electron chi connectivity index (χ0n) is 10.1. The Balaban J connectivity index is 2.26. The molecule has 0 fully saturated rings. The number of allylic oxidation sites excluding steroid dienone is 2. The number of carbonyl (C=O) groups is 1. The van der Waals surface area contributed by atoms with E-state index in [4.69, 9.17) is 0 Å². The molecular formula is C14H15NO3. The molecule has 0 saturated carbocycles. The Morgan fingerprint density at radius 2 is 2.00 bits per heavy atom. The van der Waals surface area contributed by atoms with Crippen LogP contribution in [0.25, 0.3) is 0 Å². The van der Waals surface area contributed by atoms with Gasteiger partial charge in [0.25, 0.3) is 0 Å². The first-order valence-electron chi connectivity index (χ1n) is 5.85. The summed E-state index contributed by atoms with van der Waals surface area (Å²) in [6.07, 6.45) is 2.25. The van der Waals surface area contributed by atoms with E-state index in [1.54, 1.807) is 18.2 Å². The molecule has 1 atom stereocenters. The predicted octanol–water partition coefficient (Wildman–Crippen LogP) is 2.91.